The molecule has 2 N–H and O–H groups in total. The number of halogens is 1. The van der Waals surface area contributed by atoms with Crippen molar-refractivity contribution >= 4 is 40.8 Å². The van der Waals surface area contributed by atoms with Gasteiger partial charge in [0.25, 0.3) is 0 Å². The van der Waals surface area contributed by atoms with Crippen molar-refractivity contribution in [1.29, 1.82) is 0 Å². The molecule has 23 heavy (non-hydrogen) atoms. The first-order chi connectivity index (χ1) is 11.0. The summed E-state index contributed by atoms with van der Waals surface area (Å²) in [7, 11) is 1.51. The fraction of sp³-hybridized carbons (Fsp3) is 0.400. The first-order valence-electron chi connectivity index (χ1n) is 6.98. The summed E-state index contributed by atoms with van der Waals surface area (Å²) in [6.45, 7) is 0.903. The van der Waals surface area contributed by atoms with Crippen molar-refractivity contribution in [2.24, 2.45) is 0 Å². The number of nitrogens with one attached hydrogen (secondary N) is 2. The lowest BCUT2D eigenvalue weighted by atomic mass is 10.2. The molecule has 1 aromatic rings. The molecule has 0 unspecified atom stereocenters. The molecule has 1 amide bonds. The number of hydrogen-bond acceptors (Lipinski definition) is 5. The number of carbonyl (C=O) groups excluding carboxylic acids is 2. The number of amides is 1. The molecule has 0 saturated carbocycles. The van der Waals surface area contributed by atoms with Gasteiger partial charge in [-0.05, 0) is 23.8 Å². The van der Waals surface area contributed by atoms with Crippen LogP contribution in [-0.4, -0.2) is 37.3 Å². The van der Waals surface area contributed by atoms with Gasteiger partial charge in [-0.2, -0.15) is 0 Å². The minimum absolute atomic E-state index is 0.000269. The van der Waals surface area contributed by atoms with E-state index in [1.54, 1.807) is 6.07 Å². The number of methoxy groups -OCH3 is 1. The summed E-state index contributed by atoms with van der Waals surface area (Å²) in [5.74, 6) is -0.808. The van der Waals surface area contributed by atoms with Gasteiger partial charge in [0, 0.05) is 25.1 Å². The number of ether oxygens (including phenoxy) is 2. The van der Waals surface area contributed by atoms with Gasteiger partial charge in [0.2, 0.25) is 5.91 Å². The van der Waals surface area contributed by atoms with Crippen molar-refractivity contribution in [2.75, 3.05) is 20.3 Å². The summed E-state index contributed by atoms with van der Waals surface area (Å²) in [4.78, 5) is 23.0. The number of benzene rings is 1. The van der Waals surface area contributed by atoms with Gasteiger partial charge in [-0.1, -0.05) is 29.8 Å². The highest BCUT2D eigenvalue weighted by Crippen LogP contribution is 2.14. The first kappa shape index (κ1) is 19.3. The Morgan fingerprint density at radius 1 is 1.22 bits per heavy atom. The zero-order chi connectivity index (χ0) is 17.1. The van der Waals surface area contributed by atoms with Crippen LogP contribution in [0.1, 0.15) is 18.4 Å². The highest BCUT2D eigenvalue weighted by molar-refractivity contribution is 7.80. The largest absolute Gasteiger partial charge is 0.463 e. The molecule has 0 saturated heterocycles. The average molecular weight is 359 g/mol. The average Bonchev–Trinajstić information content (AvgIpc) is 2.52. The van der Waals surface area contributed by atoms with E-state index in [1.807, 2.05) is 18.2 Å². The second-order valence-corrected chi connectivity index (χ2v) is 5.35. The lowest BCUT2D eigenvalue weighted by molar-refractivity contribution is -0.146. The second-order valence-electron chi connectivity index (χ2n) is 4.54. The lowest BCUT2D eigenvalue weighted by Crippen LogP contribution is -2.39. The van der Waals surface area contributed by atoms with E-state index < -0.39 is 5.97 Å². The Balaban J connectivity index is 2.22. The molecular weight excluding hydrogens is 340 g/mol. The third-order valence-corrected chi connectivity index (χ3v) is 3.37. The fourth-order valence-corrected chi connectivity index (χ4v) is 1.97. The van der Waals surface area contributed by atoms with Crippen molar-refractivity contribution in [1.82, 2.24) is 10.6 Å². The summed E-state index contributed by atoms with van der Waals surface area (Å²) >= 11 is 11.0. The Morgan fingerprint density at radius 3 is 2.65 bits per heavy atom. The maximum atomic E-state index is 11.7. The van der Waals surface area contributed by atoms with Crippen LogP contribution >= 0.6 is 23.8 Å². The van der Waals surface area contributed by atoms with Crippen molar-refractivity contribution in [2.45, 2.75) is 19.4 Å². The zero-order valence-electron chi connectivity index (χ0n) is 12.8. The normalized spacial score (nSPS) is 10.0. The van der Waals surface area contributed by atoms with Crippen LogP contribution in [-0.2, 0) is 25.6 Å². The molecule has 0 radical (unpaired) electrons. The van der Waals surface area contributed by atoms with Crippen LogP contribution in [0.25, 0.3) is 0 Å². The van der Waals surface area contributed by atoms with Crippen LogP contribution in [0, 0.1) is 0 Å². The molecule has 0 atom stereocenters. The first-order valence-corrected chi connectivity index (χ1v) is 7.77. The summed E-state index contributed by atoms with van der Waals surface area (Å²) in [6, 6.07) is 7.32. The van der Waals surface area contributed by atoms with Crippen molar-refractivity contribution < 1.29 is 19.1 Å². The van der Waals surface area contributed by atoms with Crippen LogP contribution in [0.3, 0.4) is 0 Å². The highest BCUT2D eigenvalue weighted by Gasteiger charge is 2.09. The number of thiocarbonyl (C=S) groups is 1. The van der Waals surface area contributed by atoms with Crippen LogP contribution in [0.2, 0.25) is 5.02 Å². The van der Waals surface area contributed by atoms with E-state index in [0.717, 1.165) is 5.56 Å². The molecule has 0 aliphatic carbocycles. The summed E-state index contributed by atoms with van der Waals surface area (Å²) in [5, 5.41) is 6.18. The van der Waals surface area contributed by atoms with Gasteiger partial charge < -0.3 is 20.1 Å². The predicted molar refractivity (Wildman–Crippen MR) is 91.1 cm³/mol. The summed E-state index contributed by atoms with van der Waals surface area (Å²) in [6.07, 6.45) is -0.0115. The molecule has 1 rings (SSSR count). The third kappa shape index (κ3) is 8.49. The number of carbonyl (C=O) groups is 2. The highest BCUT2D eigenvalue weighted by atomic mass is 35.5. The van der Waals surface area contributed by atoms with Crippen molar-refractivity contribution in [3.8, 4) is 0 Å². The van der Waals surface area contributed by atoms with E-state index in [-0.39, 0.29) is 30.5 Å². The molecule has 6 nitrogen and oxygen atoms in total. The Kier molecular flexibility index (Phi) is 9.20. The van der Waals surface area contributed by atoms with Crippen LogP contribution in [0.15, 0.2) is 24.3 Å². The smallest absolute Gasteiger partial charge is 0.306 e. The maximum Gasteiger partial charge on any atom is 0.306 e. The molecule has 0 bridgehead atoms. The van der Waals surface area contributed by atoms with Gasteiger partial charge >= 0.3 is 5.97 Å². The van der Waals surface area contributed by atoms with Gasteiger partial charge in [-0.15, -0.1) is 0 Å². The summed E-state index contributed by atoms with van der Waals surface area (Å²) in [5.41, 5.74) is 0.868. The third-order valence-electron chi connectivity index (χ3n) is 2.76. The lowest BCUT2D eigenvalue weighted by Gasteiger charge is -2.10. The van der Waals surface area contributed by atoms with E-state index in [4.69, 9.17) is 33.3 Å². The van der Waals surface area contributed by atoms with E-state index in [2.05, 4.69) is 10.6 Å². The minimum atomic E-state index is -0.452. The Labute approximate surface area is 145 Å². The van der Waals surface area contributed by atoms with Gasteiger partial charge in [0.1, 0.15) is 6.61 Å². The van der Waals surface area contributed by atoms with Gasteiger partial charge in [0.15, 0.2) is 5.11 Å². The number of rotatable bonds is 8. The Hall–Kier alpha value is -1.70. The summed E-state index contributed by atoms with van der Waals surface area (Å²) < 4.78 is 9.60. The molecular formula is C15H19ClN2O4S. The molecule has 0 spiro atoms. The van der Waals surface area contributed by atoms with Crippen molar-refractivity contribution in [3.05, 3.63) is 34.9 Å². The molecule has 126 valence electrons. The quantitative estimate of drug-likeness (QED) is 0.419. The minimum Gasteiger partial charge on any atom is -0.463 e. The Morgan fingerprint density at radius 2 is 1.96 bits per heavy atom. The predicted octanol–water partition coefficient (Wildman–Crippen LogP) is 1.80. The van der Waals surface area contributed by atoms with Gasteiger partial charge in [-0.3, -0.25) is 9.59 Å². The molecule has 1 aromatic carbocycles. The van der Waals surface area contributed by atoms with E-state index in [1.165, 1.54) is 7.11 Å². The molecule has 8 heteroatoms. The van der Waals surface area contributed by atoms with Crippen molar-refractivity contribution in [3.63, 3.8) is 0 Å². The van der Waals surface area contributed by atoms with Crippen LogP contribution in [0.5, 0.6) is 0 Å². The van der Waals surface area contributed by atoms with Gasteiger partial charge in [-0.25, -0.2) is 0 Å². The zero-order valence-corrected chi connectivity index (χ0v) is 14.3. The van der Waals surface area contributed by atoms with Crippen LogP contribution < -0.4 is 10.6 Å². The maximum absolute atomic E-state index is 11.7. The molecule has 0 fully saturated rings. The molecule has 0 aliphatic heterocycles. The van der Waals surface area contributed by atoms with E-state index in [0.29, 0.717) is 18.2 Å². The fourth-order valence-electron chi connectivity index (χ4n) is 1.58. The standard InChI is InChI=1S/C15H19ClN2O4S/c1-21-8-9-22-14(20)7-6-13(19)18-15(23)17-10-11-4-2-3-5-12(11)16/h2-5H,6-10H2,1H3,(H2,17,18,19,23). The monoisotopic (exact) mass is 358 g/mol. The van der Waals surface area contributed by atoms with E-state index >= 15 is 0 Å². The SMILES string of the molecule is COCCOC(=O)CCC(=O)NC(=S)NCc1ccccc1Cl. The number of hydrogen-bond donors (Lipinski definition) is 2. The second kappa shape index (κ2) is 10.9. The molecule has 0 aliphatic rings. The topological polar surface area (TPSA) is 76.7 Å². The van der Waals surface area contributed by atoms with E-state index in [9.17, 15) is 9.59 Å². The van der Waals surface area contributed by atoms with Gasteiger partial charge in [0.05, 0.1) is 13.0 Å². The van der Waals surface area contributed by atoms with Crippen LogP contribution in [0.4, 0.5) is 0 Å². The molecule has 0 aromatic heterocycles. The number of esters is 1. The Bertz CT molecular complexity index is 554. The molecule has 0 heterocycles.